The molecule has 0 radical (unpaired) electrons. The van der Waals surface area contributed by atoms with Crippen LogP contribution in [0.5, 0.6) is 0 Å². The van der Waals surface area contributed by atoms with Crippen molar-refractivity contribution in [2.24, 2.45) is 46.8 Å². The lowest BCUT2D eigenvalue weighted by Crippen LogP contribution is -2.35. The van der Waals surface area contributed by atoms with Gasteiger partial charge in [-0.3, -0.25) is 0 Å². The van der Waals surface area contributed by atoms with E-state index in [4.69, 9.17) is 0 Å². The van der Waals surface area contributed by atoms with Gasteiger partial charge in [0.05, 0.1) is 0 Å². The monoisotopic (exact) mass is 276 g/mol. The first-order chi connectivity index (χ1) is 9.62. The predicted octanol–water partition coefficient (Wildman–Crippen LogP) is 6.18. The van der Waals surface area contributed by atoms with Gasteiger partial charge in [-0.05, 0) is 66.1 Å². The van der Waals surface area contributed by atoms with Crippen molar-refractivity contribution in [3.8, 4) is 0 Å². The van der Waals surface area contributed by atoms with Crippen LogP contribution < -0.4 is 0 Å². The third-order valence-electron chi connectivity index (χ3n) is 7.02. The van der Waals surface area contributed by atoms with E-state index in [-0.39, 0.29) is 0 Å². The van der Waals surface area contributed by atoms with Crippen LogP contribution in [0.25, 0.3) is 0 Å². The number of hydrogen-bond acceptors (Lipinski definition) is 0. The largest absolute Gasteiger partial charge is 0.0848 e. The Kier molecular flexibility index (Phi) is 4.72. The second-order valence-electron chi connectivity index (χ2n) is 7.48. The number of fused-ring (bicyclic) bond motifs is 7. The Labute approximate surface area is 127 Å². The van der Waals surface area contributed by atoms with E-state index in [2.05, 4.69) is 32.9 Å². The van der Waals surface area contributed by atoms with Gasteiger partial charge in [0, 0.05) is 0 Å². The molecule has 2 bridgehead atoms. The summed E-state index contributed by atoms with van der Waals surface area (Å²) in [5, 5.41) is 0. The molecule has 0 heterocycles. The van der Waals surface area contributed by atoms with Gasteiger partial charge in [-0.15, -0.1) is 0 Å². The highest BCUT2D eigenvalue weighted by molar-refractivity contribution is 5.24. The highest BCUT2D eigenvalue weighted by atomic mass is 14.7. The summed E-state index contributed by atoms with van der Waals surface area (Å²) >= 11 is 0. The Morgan fingerprint density at radius 1 is 0.850 bits per heavy atom. The van der Waals surface area contributed by atoms with Gasteiger partial charge in [0.25, 0.3) is 0 Å². The van der Waals surface area contributed by atoms with Crippen LogP contribution in [-0.2, 0) is 0 Å². The lowest BCUT2D eigenvalue weighted by Gasteiger charge is -2.40. The number of rotatable bonds is 0. The molecule has 0 aromatic heterocycles. The van der Waals surface area contributed by atoms with Crippen molar-refractivity contribution in [1.29, 1.82) is 0 Å². The maximum Gasteiger partial charge on any atom is -0.0168 e. The van der Waals surface area contributed by atoms with Gasteiger partial charge >= 0.3 is 0 Å². The summed E-state index contributed by atoms with van der Waals surface area (Å²) in [4.78, 5) is 0. The molecule has 0 nitrogen and oxygen atoms in total. The molecule has 8 unspecified atom stereocenters. The van der Waals surface area contributed by atoms with Crippen LogP contribution >= 0.6 is 0 Å². The Morgan fingerprint density at radius 2 is 1.50 bits per heavy atom. The Balaban J connectivity index is 0.000000340. The normalized spacial score (nSPS) is 53.6. The van der Waals surface area contributed by atoms with Crippen LogP contribution in [0.2, 0.25) is 0 Å². The van der Waals surface area contributed by atoms with Crippen molar-refractivity contribution in [2.75, 3.05) is 0 Å². The molecule has 0 aromatic rings. The SMILES string of the molecule is CC.CC.CC1CC(C)C2C1CC1C3C=CC(C3)C12C. The molecule has 0 heteroatoms. The van der Waals surface area contributed by atoms with E-state index in [1.54, 1.807) is 6.42 Å². The third kappa shape index (κ3) is 1.93. The molecule has 0 saturated heterocycles. The smallest absolute Gasteiger partial charge is 0.0168 e. The van der Waals surface area contributed by atoms with Crippen molar-refractivity contribution in [3.05, 3.63) is 12.2 Å². The van der Waals surface area contributed by atoms with Crippen molar-refractivity contribution < 1.29 is 0 Å². The summed E-state index contributed by atoms with van der Waals surface area (Å²) in [6.45, 7) is 15.7. The van der Waals surface area contributed by atoms with E-state index in [0.717, 1.165) is 41.4 Å². The number of hydrogen-bond donors (Lipinski definition) is 0. The molecule has 3 saturated carbocycles. The minimum absolute atomic E-state index is 0.689. The van der Waals surface area contributed by atoms with Gasteiger partial charge in [-0.1, -0.05) is 60.6 Å². The highest BCUT2D eigenvalue weighted by Crippen LogP contribution is 2.72. The van der Waals surface area contributed by atoms with E-state index in [1.165, 1.54) is 12.8 Å². The molecule has 3 fully saturated rings. The van der Waals surface area contributed by atoms with Gasteiger partial charge in [0.15, 0.2) is 0 Å². The van der Waals surface area contributed by atoms with Crippen LogP contribution in [0.3, 0.4) is 0 Å². The Hall–Kier alpha value is -0.260. The molecule has 20 heavy (non-hydrogen) atoms. The zero-order valence-electron chi connectivity index (χ0n) is 14.8. The standard InChI is InChI=1S/C16H24.2C2H6/c1-9-6-10(2)15-13(9)8-14-11-4-5-12(7-11)16(14,15)3;2*1-2/h4-5,9-15H,6-8H2,1-3H3;2*1-2H3. The maximum atomic E-state index is 2.64. The summed E-state index contributed by atoms with van der Waals surface area (Å²) in [6.07, 6.45) is 9.66. The Morgan fingerprint density at radius 3 is 2.15 bits per heavy atom. The van der Waals surface area contributed by atoms with Crippen LogP contribution in [0, 0.1) is 46.8 Å². The van der Waals surface area contributed by atoms with Gasteiger partial charge < -0.3 is 0 Å². The first-order valence-corrected chi connectivity index (χ1v) is 9.30. The third-order valence-corrected chi connectivity index (χ3v) is 7.02. The summed E-state index contributed by atoms with van der Waals surface area (Å²) in [5.41, 5.74) is 0.689. The van der Waals surface area contributed by atoms with Gasteiger partial charge in [0.2, 0.25) is 0 Å². The van der Waals surface area contributed by atoms with Crippen molar-refractivity contribution >= 4 is 0 Å². The minimum atomic E-state index is 0.689. The van der Waals surface area contributed by atoms with E-state index in [0.29, 0.717) is 5.41 Å². The molecular weight excluding hydrogens is 240 g/mol. The van der Waals surface area contributed by atoms with Crippen LogP contribution in [0.1, 0.15) is 67.7 Å². The first-order valence-electron chi connectivity index (χ1n) is 9.30. The molecule has 8 atom stereocenters. The van der Waals surface area contributed by atoms with Crippen molar-refractivity contribution in [1.82, 2.24) is 0 Å². The highest BCUT2D eigenvalue weighted by Gasteiger charge is 2.65. The quantitative estimate of drug-likeness (QED) is 0.463. The first kappa shape index (κ1) is 16.1. The van der Waals surface area contributed by atoms with E-state index in [9.17, 15) is 0 Å². The molecule has 0 N–H and O–H groups in total. The summed E-state index contributed by atoms with van der Waals surface area (Å²) in [7, 11) is 0. The average molecular weight is 277 g/mol. The lowest BCUT2D eigenvalue weighted by molar-refractivity contribution is 0.0993. The molecular formula is C20H36. The summed E-state index contributed by atoms with van der Waals surface area (Å²) in [5.74, 6) is 7.04. The number of allylic oxidation sites excluding steroid dienone is 2. The molecule has 4 aliphatic rings. The average Bonchev–Trinajstić information content (AvgIpc) is 3.16. The van der Waals surface area contributed by atoms with E-state index >= 15 is 0 Å². The van der Waals surface area contributed by atoms with Gasteiger partial charge in [-0.25, -0.2) is 0 Å². The minimum Gasteiger partial charge on any atom is -0.0848 e. The maximum absolute atomic E-state index is 2.64. The van der Waals surface area contributed by atoms with Gasteiger partial charge in [-0.2, -0.15) is 0 Å². The fourth-order valence-electron chi connectivity index (χ4n) is 6.58. The molecule has 0 spiro atoms. The zero-order chi connectivity index (χ0) is 15.1. The van der Waals surface area contributed by atoms with Gasteiger partial charge in [0.1, 0.15) is 0 Å². The predicted molar refractivity (Wildman–Crippen MR) is 89.6 cm³/mol. The molecule has 0 aromatic carbocycles. The molecule has 0 amide bonds. The topological polar surface area (TPSA) is 0 Å². The second kappa shape index (κ2) is 5.85. The van der Waals surface area contributed by atoms with E-state index < -0.39 is 0 Å². The summed E-state index contributed by atoms with van der Waals surface area (Å²) in [6, 6.07) is 0. The van der Waals surface area contributed by atoms with Crippen molar-refractivity contribution in [3.63, 3.8) is 0 Å². The van der Waals surface area contributed by atoms with Crippen LogP contribution in [-0.4, -0.2) is 0 Å². The van der Waals surface area contributed by atoms with Crippen LogP contribution in [0.15, 0.2) is 12.2 Å². The van der Waals surface area contributed by atoms with Crippen LogP contribution in [0.4, 0.5) is 0 Å². The molecule has 0 aliphatic heterocycles. The fraction of sp³-hybridized carbons (Fsp3) is 0.900. The zero-order valence-corrected chi connectivity index (χ0v) is 14.8. The molecule has 116 valence electrons. The lowest BCUT2D eigenvalue weighted by atomic mass is 9.64. The fourth-order valence-corrected chi connectivity index (χ4v) is 6.58. The van der Waals surface area contributed by atoms with E-state index in [1.807, 2.05) is 27.7 Å². The molecule has 4 aliphatic carbocycles. The molecule has 4 rings (SSSR count). The Bertz CT molecular complexity index is 355. The summed E-state index contributed by atoms with van der Waals surface area (Å²) < 4.78 is 0. The van der Waals surface area contributed by atoms with Crippen molar-refractivity contribution in [2.45, 2.75) is 67.7 Å². The second-order valence-corrected chi connectivity index (χ2v) is 7.48.